The van der Waals surface area contributed by atoms with Crippen LogP contribution in [0.3, 0.4) is 0 Å². The van der Waals surface area contributed by atoms with Gasteiger partial charge in [-0.1, -0.05) is 6.07 Å². The summed E-state index contributed by atoms with van der Waals surface area (Å²) >= 11 is 0. The average Bonchev–Trinajstić information content (AvgIpc) is 2.19. The Hall–Kier alpha value is -1.64. The minimum atomic E-state index is -0.0585. The van der Waals surface area contributed by atoms with Crippen molar-refractivity contribution in [2.75, 3.05) is 14.1 Å². The Bertz CT molecular complexity index is 342. The molecule has 14 heavy (non-hydrogen) atoms. The summed E-state index contributed by atoms with van der Waals surface area (Å²) in [6.07, 6.45) is 3.20. The molecule has 1 heterocycles. The standard InChI is InChI=1S/C11H14N2O/c1-9(13(2)3)8-11(14)10-6-4-5-7-12-10/h4-8H,1-3H3/b9-8+. The van der Waals surface area contributed by atoms with Crippen LogP contribution in [0.4, 0.5) is 0 Å². The summed E-state index contributed by atoms with van der Waals surface area (Å²) in [6.45, 7) is 1.89. The first-order chi connectivity index (χ1) is 6.61. The number of allylic oxidation sites excluding steroid dienone is 2. The molecule has 0 saturated heterocycles. The highest BCUT2D eigenvalue weighted by Crippen LogP contribution is 2.01. The van der Waals surface area contributed by atoms with Crippen LogP contribution in [-0.4, -0.2) is 29.8 Å². The zero-order valence-electron chi connectivity index (χ0n) is 8.69. The Morgan fingerprint density at radius 2 is 2.14 bits per heavy atom. The van der Waals surface area contributed by atoms with Gasteiger partial charge in [0.2, 0.25) is 5.78 Å². The van der Waals surface area contributed by atoms with Crippen molar-refractivity contribution in [3.8, 4) is 0 Å². The normalized spacial score (nSPS) is 11.2. The number of carbonyl (C=O) groups is 1. The third-order valence-electron chi connectivity index (χ3n) is 1.96. The van der Waals surface area contributed by atoms with Crippen LogP contribution in [0.15, 0.2) is 36.2 Å². The molecular formula is C11H14N2O. The quantitative estimate of drug-likeness (QED) is 0.537. The lowest BCUT2D eigenvalue weighted by molar-refractivity contribution is 0.104. The molecular weight excluding hydrogens is 176 g/mol. The zero-order valence-corrected chi connectivity index (χ0v) is 8.69. The van der Waals surface area contributed by atoms with Crippen LogP contribution in [0.5, 0.6) is 0 Å². The smallest absolute Gasteiger partial charge is 0.205 e. The molecule has 0 aliphatic carbocycles. The summed E-state index contributed by atoms with van der Waals surface area (Å²) in [7, 11) is 3.80. The third kappa shape index (κ3) is 2.69. The second kappa shape index (κ2) is 4.56. The second-order valence-corrected chi connectivity index (χ2v) is 3.26. The van der Waals surface area contributed by atoms with Gasteiger partial charge in [-0.2, -0.15) is 0 Å². The summed E-state index contributed by atoms with van der Waals surface area (Å²) in [5.74, 6) is -0.0585. The molecule has 0 fully saturated rings. The largest absolute Gasteiger partial charge is 0.381 e. The molecule has 0 aromatic carbocycles. The van der Waals surface area contributed by atoms with E-state index in [0.717, 1.165) is 5.70 Å². The van der Waals surface area contributed by atoms with Crippen LogP contribution in [0.25, 0.3) is 0 Å². The Kier molecular flexibility index (Phi) is 3.40. The Morgan fingerprint density at radius 1 is 1.43 bits per heavy atom. The Balaban J connectivity index is 2.83. The van der Waals surface area contributed by atoms with Gasteiger partial charge in [-0.25, -0.2) is 0 Å². The highest BCUT2D eigenvalue weighted by Gasteiger charge is 2.03. The molecule has 3 heteroatoms. The summed E-state index contributed by atoms with van der Waals surface area (Å²) in [4.78, 5) is 17.5. The van der Waals surface area contributed by atoms with E-state index in [4.69, 9.17) is 0 Å². The Morgan fingerprint density at radius 3 is 2.64 bits per heavy atom. The van der Waals surface area contributed by atoms with Crippen molar-refractivity contribution in [3.63, 3.8) is 0 Å². The van der Waals surface area contributed by atoms with Crippen molar-refractivity contribution in [3.05, 3.63) is 41.9 Å². The lowest BCUT2D eigenvalue weighted by atomic mass is 10.2. The lowest BCUT2D eigenvalue weighted by Gasteiger charge is -2.11. The molecule has 0 bridgehead atoms. The zero-order chi connectivity index (χ0) is 10.6. The van der Waals surface area contributed by atoms with E-state index in [0.29, 0.717) is 5.69 Å². The second-order valence-electron chi connectivity index (χ2n) is 3.26. The monoisotopic (exact) mass is 190 g/mol. The number of aromatic nitrogens is 1. The van der Waals surface area contributed by atoms with Crippen molar-refractivity contribution >= 4 is 5.78 Å². The molecule has 74 valence electrons. The maximum atomic E-state index is 11.6. The van der Waals surface area contributed by atoms with E-state index < -0.39 is 0 Å². The first-order valence-electron chi connectivity index (χ1n) is 4.42. The number of hydrogen-bond donors (Lipinski definition) is 0. The van der Waals surface area contributed by atoms with Gasteiger partial charge >= 0.3 is 0 Å². The molecule has 1 aromatic heterocycles. The lowest BCUT2D eigenvalue weighted by Crippen LogP contribution is -2.10. The van der Waals surface area contributed by atoms with E-state index in [-0.39, 0.29) is 5.78 Å². The fraction of sp³-hybridized carbons (Fsp3) is 0.273. The van der Waals surface area contributed by atoms with Gasteiger partial charge in [0.1, 0.15) is 5.69 Å². The van der Waals surface area contributed by atoms with Gasteiger partial charge in [-0.15, -0.1) is 0 Å². The van der Waals surface area contributed by atoms with Crippen molar-refractivity contribution in [1.29, 1.82) is 0 Å². The molecule has 0 radical (unpaired) electrons. The van der Waals surface area contributed by atoms with Crippen LogP contribution in [0, 0.1) is 0 Å². The molecule has 3 nitrogen and oxygen atoms in total. The van der Waals surface area contributed by atoms with Crippen LogP contribution >= 0.6 is 0 Å². The summed E-state index contributed by atoms with van der Waals surface area (Å²) in [5.41, 5.74) is 1.40. The molecule has 0 saturated carbocycles. The van der Waals surface area contributed by atoms with E-state index in [2.05, 4.69) is 4.98 Å². The minimum Gasteiger partial charge on any atom is -0.381 e. The maximum absolute atomic E-state index is 11.6. The van der Waals surface area contributed by atoms with Gasteiger partial charge < -0.3 is 4.90 Å². The summed E-state index contributed by atoms with van der Waals surface area (Å²) in [6, 6.07) is 5.31. The van der Waals surface area contributed by atoms with Gasteiger partial charge in [-0.3, -0.25) is 9.78 Å². The van der Waals surface area contributed by atoms with Crippen molar-refractivity contribution in [1.82, 2.24) is 9.88 Å². The van der Waals surface area contributed by atoms with Crippen molar-refractivity contribution < 1.29 is 4.79 Å². The van der Waals surface area contributed by atoms with Crippen LogP contribution in [-0.2, 0) is 0 Å². The highest BCUT2D eigenvalue weighted by atomic mass is 16.1. The third-order valence-corrected chi connectivity index (χ3v) is 1.96. The molecule has 1 aromatic rings. The first-order valence-corrected chi connectivity index (χ1v) is 4.42. The first kappa shape index (κ1) is 10.4. The van der Waals surface area contributed by atoms with Crippen molar-refractivity contribution in [2.45, 2.75) is 6.92 Å². The number of nitrogens with zero attached hydrogens (tertiary/aromatic N) is 2. The van der Waals surface area contributed by atoms with Gasteiger partial charge in [0.05, 0.1) is 0 Å². The van der Waals surface area contributed by atoms with Gasteiger partial charge in [-0.05, 0) is 19.1 Å². The number of carbonyl (C=O) groups excluding carboxylic acids is 1. The van der Waals surface area contributed by atoms with E-state index in [9.17, 15) is 4.79 Å². The minimum absolute atomic E-state index is 0.0585. The molecule has 0 aliphatic heterocycles. The van der Waals surface area contributed by atoms with Gasteiger partial charge in [0.15, 0.2) is 0 Å². The molecule has 0 atom stereocenters. The fourth-order valence-corrected chi connectivity index (χ4v) is 0.901. The number of pyridine rings is 1. The molecule has 0 spiro atoms. The van der Waals surface area contributed by atoms with Crippen LogP contribution < -0.4 is 0 Å². The molecule has 0 aliphatic rings. The predicted octanol–water partition coefficient (Wildman–Crippen LogP) is 1.73. The van der Waals surface area contributed by atoms with Gasteiger partial charge in [0.25, 0.3) is 0 Å². The molecule has 0 amide bonds. The summed E-state index contributed by atoms with van der Waals surface area (Å²) in [5, 5.41) is 0. The average molecular weight is 190 g/mol. The van der Waals surface area contributed by atoms with E-state index in [1.165, 1.54) is 0 Å². The van der Waals surface area contributed by atoms with E-state index >= 15 is 0 Å². The Labute approximate surface area is 84.1 Å². The van der Waals surface area contributed by atoms with Crippen LogP contribution in [0.2, 0.25) is 0 Å². The van der Waals surface area contributed by atoms with E-state index in [1.807, 2.05) is 25.9 Å². The summed E-state index contributed by atoms with van der Waals surface area (Å²) < 4.78 is 0. The highest BCUT2D eigenvalue weighted by molar-refractivity contribution is 6.03. The van der Waals surface area contributed by atoms with Crippen molar-refractivity contribution in [2.24, 2.45) is 0 Å². The van der Waals surface area contributed by atoms with E-state index in [1.54, 1.807) is 30.5 Å². The topological polar surface area (TPSA) is 33.2 Å². The number of ketones is 1. The SMILES string of the molecule is C/C(=C\C(=O)c1ccccn1)N(C)C. The van der Waals surface area contributed by atoms with Gasteiger partial charge in [0, 0.05) is 32.1 Å². The predicted molar refractivity (Wildman–Crippen MR) is 56.0 cm³/mol. The number of rotatable bonds is 3. The molecule has 0 N–H and O–H groups in total. The number of hydrogen-bond acceptors (Lipinski definition) is 3. The molecule has 1 rings (SSSR count). The molecule has 0 unspecified atom stereocenters. The maximum Gasteiger partial charge on any atom is 0.205 e. The fourth-order valence-electron chi connectivity index (χ4n) is 0.901. The van der Waals surface area contributed by atoms with Crippen LogP contribution in [0.1, 0.15) is 17.4 Å².